The zero-order valence-corrected chi connectivity index (χ0v) is 10.3. The van der Waals surface area contributed by atoms with Gasteiger partial charge in [0.25, 0.3) is 0 Å². The lowest BCUT2D eigenvalue weighted by Gasteiger charge is -2.34. The van der Waals surface area contributed by atoms with Crippen molar-refractivity contribution < 1.29 is 9.84 Å². The Bertz CT molecular complexity index is 206. The largest absolute Gasteiger partial charge is 0.365 e. The quantitative estimate of drug-likeness (QED) is 0.483. The van der Waals surface area contributed by atoms with Gasteiger partial charge in [-0.1, -0.05) is 13.8 Å². The van der Waals surface area contributed by atoms with Gasteiger partial charge in [-0.05, 0) is 31.4 Å². The van der Waals surface area contributed by atoms with E-state index in [2.05, 4.69) is 45.6 Å². The molecule has 0 aromatic heterocycles. The van der Waals surface area contributed by atoms with Gasteiger partial charge in [-0.2, -0.15) is 12.6 Å². The molecule has 84 valence electrons. The van der Waals surface area contributed by atoms with Crippen molar-refractivity contribution in [3.05, 3.63) is 0 Å². The fourth-order valence-corrected chi connectivity index (χ4v) is 2.01. The van der Waals surface area contributed by atoms with Gasteiger partial charge in [-0.15, -0.1) is 0 Å². The summed E-state index contributed by atoms with van der Waals surface area (Å²) in [7, 11) is 0. The fraction of sp³-hybridized carbons (Fsp3) is 1.00. The highest BCUT2D eigenvalue weighted by atomic mass is 32.1. The average molecular weight is 219 g/mol. The summed E-state index contributed by atoms with van der Waals surface area (Å²) in [6.45, 7) is 8.61. The molecule has 0 aliphatic carbocycles. The number of aliphatic hydroxyl groups is 1. The molecule has 0 spiro atoms. The minimum absolute atomic E-state index is 0.0334. The predicted molar refractivity (Wildman–Crippen MR) is 60.3 cm³/mol. The molecule has 1 rings (SSSR count). The van der Waals surface area contributed by atoms with Gasteiger partial charge in [0.05, 0.1) is 0 Å². The first-order valence-electron chi connectivity index (χ1n) is 4.98. The second-order valence-electron chi connectivity index (χ2n) is 5.47. The zero-order valence-electron chi connectivity index (χ0n) is 9.37. The molecule has 1 heterocycles. The molecular weight excluding hydrogens is 198 g/mol. The number of aliphatic hydroxyl groups excluding tert-OH is 1. The third-order valence-electron chi connectivity index (χ3n) is 2.35. The van der Waals surface area contributed by atoms with E-state index in [0.29, 0.717) is 0 Å². The molecule has 0 amide bonds. The van der Waals surface area contributed by atoms with E-state index in [0.717, 1.165) is 12.2 Å². The number of hydrogen-bond acceptors (Lipinski definition) is 4. The summed E-state index contributed by atoms with van der Waals surface area (Å²) in [5.74, 6) is 0.853. The Morgan fingerprint density at radius 1 is 1.36 bits per heavy atom. The van der Waals surface area contributed by atoms with Crippen LogP contribution in [0.5, 0.6) is 0 Å². The lowest BCUT2D eigenvalue weighted by Crippen LogP contribution is -2.45. The molecule has 0 bridgehead atoms. The van der Waals surface area contributed by atoms with E-state index < -0.39 is 6.29 Å². The van der Waals surface area contributed by atoms with E-state index in [1.54, 1.807) is 0 Å². The standard InChI is InChI=1S/C10H21NO2S/c1-9(2,6-14)5-10(3,4)11-7-8(12)13-7/h7-8,11-12,14H,5-6H2,1-4H3. The molecule has 14 heavy (non-hydrogen) atoms. The smallest absolute Gasteiger partial charge is 0.197 e. The lowest BCUT2D eigenvalue weighted by molar-refractivity contribution is 0.155. The van der Waals surface area contributed by atoms with Crippen LogP contribution >= 0.6 is 12.6 Å². The highest BCUT2D eigenvalue weighted by Crippen LogP contribution is 2.31. The molecular formula is C10H21NO2S. The van der Waals surface area contributed by atoms with Gasteiger partial charge in [-0.25, -0.2) is 0 Å². The molecule has 2 atom stereocenters. The molecule has 1 saturated heterocycles. The van der Waals surface area contributed by atoms with Crippen LogP contribution in [0.1, 0.15) is 34.1 Å². The number of thiol groups is 1. The van der Waals surface area contributed by atoms with Crippen molar-refractivity contribution in [1.29, 1.82) is 0 Å². The van der Waals surface area contributed by atoms with Crippen molar-refractivity contribution >= 4 is 12.6 Å². The summed E-state index contributed by atoms with van der Waals surface area (Å²) < 4.78 is 4.93. The second kappa shape index (κ2) is 4.00. The van der Waals surface area contributed by atoms with Crippen molar-refractivity contribution in [1.82, 2.24) is 5.32 Å². The highest BCUT2D eigenvalue weighted by Gasteiger charge is 2.41. The minimum Gasteiger partial charge on any atom is -0.365 e. The Morgan fingerprint density at radius 2 is 1.86 bits per heavy atom. The maximum absolute atomic E-state index is 9.05. The van der Waals surface area contributed by atoms with Gasteiger partial charge >= 0.3 is 0 Å². The Kier molecular flexibility index (Phi) is 3.52. The molecule has 4 heteroatoms. The normalized spacial score (nSPS) is 27.9. The molecule has 1 fully saturated rings. The molecule has 0 radical (unpaired) electrons. The summed E-state index contributed by atoms with van der Waals surface area (Å²) in [4.78, 5) is 0. The van der Waals surface area contributed by atoms with E-state index >= 15 is 0 Å². The Balaban J connectivity index is 2.40. The first kappa shape index (κ1) is 12.3. The number of hydrogen-bond donors (Lipinski definition) is 3. The van der Waals surface area contributed by atoms with Crippen LogP contribution in [0.15, 0.2) is 0 Å². The third kappa shape index (κ3) is 3.77. The monoisotopic (exact) mass is 219 g/mol. The molecule has 1 aliphatic heterocycles. The average Bonchev–Trinajstić information content (AvgIpc) is 2.62. The Labute approximate surface area is 91.6 Å². The third-order valence-corrected chi connectivity index (χ3v) is 3.21. The van der Waals surface area contributed by atoms with E-state index in [9.17, 15) is 0 Å². The first-order chi connectivity index (χ1) is 6.26. The maximum atomic E-state index is 9.05. The van der Waals surface area contributed by atoms with Crippen LogP contribution in [-0.2, 0) is 4.74 Å². The number of epoxide rings is 1. The highest BCUT2D eigenvalue weighted by molar-refractivity contribution is 7.80. The molecule has 1 aliphatic rings. The van der Waals surface area contributed by atoms with Gasteiger partial charge in [0.2, 0.25) is 0 Å². The van der Waals surface area contributed by atoms with Crippen LogP contribution in [0.25, 0.3) is 0 Å². The zero-order chi connectivity index (χ0) is 11.0. The Morgan fingerprint density at radius 3 is 2.21 bits per heavy atom. The predicted octanol–water partition coefficient (Wildman–Crippen LogP) is 1.38. The summed E-state index contributed by atoms with van der Waals surface area (Å²) in [6.07, 6.45) is 0.199. The van der Waals surface area contributed by atoms with Gasteiger partial charge in [0.1, 0.15) is 0 Å². The molecule has 2 N–H and O–H groups in total. The van der Waals surface area contributed by atoms with Gasteiger partial charge < -0.3 is 9.84 Å². The SMILES string of the molecule is CC(C)(CS)CC(C)(C)NC1OC1O. The summed E-state index contributed by atoms with van der Waals surface area (Å²) >= 11 is 4.33. The second-order valence-corrected chi connectivity index (χ2v) is 5.79. The minimum atomic E-state index is -0.617. The molecule has 3 nitrogen and oxygen atoms in total. The Hall–Kier alpha value is 0.230. The van der Waals surface area contributed by atoms with Crippen LogP contribution in [0, 0.1) is 5.41 Å². The number of ether oxygens (including phenoxy) is 1. The van der Waals surface area contributed by atoms with Crippen molar-refractivity contribution in [2.24, 2.45) is 5.41 Å². The van der Waals surface area contributed by atoms with Gasteiger partial charge in [0, 0.05) is 5.54 Å². The van der Waals surface area contributed by atoms with Crippen LogP contribution in [0.2, 0.25) is 0 Å². The van der Waals surface area contributed by atoms with E-state index in [-0.39, 0.29) is 17.2 Å². The van der Waals surface area contributed by atoms with Gasteiger partial charge in [0.15, 0.2) is 12.5 Å². The summed E-state index contributed by atoms with van der Waals surface area (Å²) in [5.41, 5.74) is 0.161. The number of nitrogens with one attached hydrogen (secondary N) is 1. The summed E-state index contributed by atoms with van der Waals surface area (Å²) in [6, 6.07) is 0. The molecule has 2 unspecified atom stereocenters. The lowest BCUT2D eigenvalue weighted by atomic mass is 9.81. The van der Waals surface area contributed by atoms with Gasteiger partial charge in [-0.3, -0.25) is 5.32 Å². The van der Waals surface area contributed by atoms with Crippen LogP contribution in [0.4, 0.5) is 0 Å². The first-order valence-corrected chi connectivity index (χ1v) is 5.61. The molecule has 0 aromatic rings. The van der Waals surface area contributed by atoms with E-state index in [1.807, 2.05) is 0 Å². The van der Waals surface area contributed by atoms with Crippen molar-refractivity contribution in [3.63, 3.8) is 0 Å². The van der Waals surface area contributed by atoms with Crippen molar-refractivity contribution in [3.8, 4) is 0 Å². The van der Waals surface area contributed by atoms with Crippen molar-refractivity contribution in [2.75, 3.05) is 5.75 Å². The number of rotatable bonds is 5. The molecule has 0 aromatic carbocycles. The topological polar surface area (TPSA) is 44.8 Å². The fourth-order valence-electron chi connectivity index (χ4n) is 1.90. The van der Waals surface area contributed by atoms with Crippen molar-refractivity contribution in [2.45, 2.75) is 52.2 Å². The maximum Gasteiger partial charge on any atom is 0.197 e. The molecule has 0 saturated carbocycles. The van der Waals surface area contributed by atoms with Crippen LogP contribution in [-0.4, -0.2) is 28.9 Å². The summed E-state index contributed by atoms with van der Waals surface area (Å²) in [5, 5.41) is 12.3. The van der Waals surface area contributed by atoms with E-state index in [4.69, 9.17) is 9.84 Å². The van der Waals surface area contributed by atoms with Crippen LogP contribution in [0.3, 0.4) is 0 Å². The van der Waals surface area contributed by atoms with E-state index in [1.165, 1.54) is 0 Å². The van der Waals surface area contributed by atoms with Crippen LogP contribution < -0.4 is 5.32 Å².